The molecule has 0 saturated carbocycles. The van der Waals surface area contributed by atoms with Crippen molar-refractivity contribution < 1.29 is 9.59 Å². The lowest BCUT2D eigenvalue weighted by Gasteiger charge is -2.24. The van der Waals surface area contributed by atoms with Crippen LogP contribution in [-0.2, 0) is 9.59 Å². The molecule has 0 aliphatic rings. The molecule has 0 saturated heterocycles. The predicted octanol–water partition coefficient (Wildman–Crippen LogP) is 3.25. The highest BCUT2D eigenvalue weighted by atomic mass is 16.2. The molecular weight excluding hydrogens is 238 g/mol. The summed E-state index contributed by atoms with van der Waals surface area (Å²) in [7, 11) is 1.79. The van der Waals surface area contributed by atoms with Crippen molar-refractivity contribution in [3.05, 3.63) is 28.3 Å². The third kappa shape index (κ3) is 3.43. The number of carbonyl (C=O) groups is 2. The fourth-order valence-electron chi connectivity index (χ4n) is 2.27. The van der Waals surface area contributed by atoms with Crippen LogP contribution in [0.4, 0.5) is 5.69 Å². The molecule has 0 aliphatic heterocycles. The van der Waals surface area contributed by atoms with Gasteiger partial charge in [0.25, 0.3) is 0 Å². The van der Waals surface area contributed by atoms with E-state index in [1.54, 1.807) is 11.9 Å². The SMILES string of the molecule is CC(=O)CCC(=O)N(C)c1c(C)c(C)cc(C)c1C. The third-order valence-corrected chi connectivity index (χ3v) is 3.73. The first kappa shape index (κ1) is 15.4. The fraction of sp³-hybridized carbons (Fsp3) is 0.500. The number of amides is 1. The topological polar surface area (TPSA) is 37.4 Å². The molecule has 1 amide bonds. The van der Waals surface area contributed by atoms with Crippen molar-refractivity contribution in [2.75, 3.05) is 11.9 Å². The van der Waals surface area contributed by atoms with Gasteiger partial charge in [-0.2, -0.15) is 0 Å². The van der Waals surface area contributed by atoms with Crippen LogP contribution in [0.1, 0.15) is 42.0 Å². The van der Waals surface area contributed by atoms with Crippen molar-refractivity contribution in [2.45, 2.75) is 47.5 Å². The molecule has 0 N–H and O–H groups in total. The van der Waals surface area contributed by atoms with Crippen molar-refractivity contribution >= 4 is 17.4 Å². The summed E-state index contributed by atoms with van der Waals surface area (Å²) in [5.74, 6) is 0.0435. The lowest BCUT2D eigenvalue weighted by molar-refractivity contribution is -0.122. The maximum atomic E-state index is 12.1. The molecule has 0 aliphatic carbocycles. The molecule has 1 aromatic rings. The van der Waals surface area contributed by atoms with E-state index < -0.39 is 0 Å². The van der Waals surface area contributed by atoms with Crippen LogP contribution in [0.5, 0.6) is 0 Å². The molecular formula is C16H23NO2. The summed E-state index contributed by atoms with van der Waals surface area (Å²) in [4.78, 5) is 24.8. The molecule has 1 aromatic carbocycles. The zero-order valence-corrected chi connectivity index (χ0v) is 12.8. The Labute approximate surface area is 115 Å². The Morgan fingerprint density at radius 2 is 1.47 bits per heavy atom. The molecule has 104 valence electrons. The van der Waals surface area contributed by atoms with Gasteiger partial charge in [0, 0.05) is 25.6 Å². The van der Waals surface area contributed by atoms with Crippen molar-refractivity contribution in [3.63, 3.8) is 0 Å². The smallest absolute Gasteiger partial charge is 0.227 e. The summed E-state index contributed by atoms with van der Waals surface area (Å²) in [6.07, 6.45) is 0.587. The fourth-order valence-corrected chi connectivity index (χ4v) is 2.27. The van der Waals surface area contributed by atoms with E-state index in [-0.39, 0.29) is 18.1 Å². The average molecular weight is 261 g/mol. The molecule has 3 nitrogen and oxygen atoms in total. The van der Waals surface area contributed by atoms with Gasteiger partial charge >= 0.3 is 0 Å². The quantitative estimate of drug-likeness (QED) is 0.834. The second-order valence-electron chi connectivity index (χ2n) is 5.26. The number of ketones is 1. The van der Waals surface area contributed by atoms with Crippen LogP contribution in [0.25, 0.3) is 0 Å². The van der Waals surface area contributed by atoms with Gasteiger partial charge in [0.05, 0.1) is 0 Å². The Morgan fingerprint density at radius 3 is 1.89 bits per heavy atom. The Bertz CT molecular complexity index is 492. The van der Waals surface area contributed by atoms with Gasteiger partial charge < -0.3 is 9.69 Å². The van der Waals surface area contributed by atoms with Gasteiger partial charge in [-0.25, -0.2) is 0 Å². The largest absolute Gasteiger partial charge is 0.315 e. The molecule has 19 heavy (non-hydrogen) atoms. The highest BCUT2D eigenvalue weighted by molar-refractivity contribution is 5.96. The molecule has 1 rings (SSSR count). The molecule has 3 heteroatoms. The number of hydrogen-bond acceptors (Lipinski definition) is 2. The minimum atomic E-state index is -0.00796. The van der Waals surface area contributed by atoms with Crippen LogP contribution in [-0.4, -0.2) is 18.7 Å². The molecule has 0 aromatic heterocycles. The van der Waals surface area contributed by atoms with Crippen molar-refractivity contribution in [1.82, 2.24) is 0 Å². The van der Waals surface area contributed by atoms with Gasteiger partial charge in [0.2, 0.25) is 5.91 Å². The molecule has 0 spiro atoms. The normalized spacial score (nSPS) is 10.4. The minimum absolute atomic E-state index is 0.00796. The highest BCUT2D eigenvalue weighted by Crippen LogP contribution is 2.29. The number of nitrogens with zero attached hydrogens (tertiary/aromatic N) is 1. The van der Waals surface area contributed by atoms with E-state index in [0.717, 1.165) is 16.8 Å². The second kappa shape index (κ2) is 6.00. The molecule has 0 fully saturated rings. The van der Waals surface area contributed by atoms with Gasteiger partial charge in [0.15, 0.2) is 0 Å². The number of rotatable bonds is 4. The van der Waals surface area contributed by atoms with Crippen LogP contribution in [0.15, 0.2) is 6.07 Å². The summed E-state index contributed by atoms with van der Waals surface area (Å²) >= 11 is 0. The Kier molecular flexibility index (Phi) is 4.87. The van der Waals surface area contributed by atoms with Crippen LogP contribution in [0.2, 0.25) is 0 Å². The number of benzene rings is 1. The van der Waals surface area contributed by atoms with Gasteiger partial charge in [0.1, 0.15) is 5.78 Å². The third-order valence-electron chi connectivity index (χ3n) is 3.73. The summed E-state index contributed by atoms with van der Waals surface area (Å²) in [6, 6.07) is 2.14. The van der Waals surface area contributed by atoms with Crippen LogP contribution >= 0.6 is 0 Å². The molecule has 0 bridgehead atoms. The van der Waals surface area contributed by atoms with E-state index in [1.165, 1.54) is 18.1 Å². The summed E-state index contributed by atoms with van der Waals surface area (Å²) in [5, 5.41) is 0. The summed E-state index contributed by atoms with van der Waals surface area (Å²) < 4.78 is 0. The van der Waals surface area contributed by atoms with E-state index in [0.29, 0.717) is 6.42 Å². The van der Waals surface area contributed by atoms with Crippen molar-refractivity contribution in [1.29, 1.82) is 0 Å². The lowest BCUT2D eigenvalue weighted by Crippen LogP contribution is -2.28. The van der Waals surface area contributed by atoms with Crippen LogP contribution < -0.4 is 4.90 Å². The Morgan fingerprint density at radius 1 is 1.00 bits per heavy atom. The molecule has 0 heterocycles. The Balaban J connectivity index is 3.09. The van der Waals surface area contributed by atoms with Crippen LogP contribution in [0.3, 0.4) is 0 Å². The maximum Gasteiger partial charge on any atom is 0.227 e. The molecule has 0 radical (unpaired) electrons. The van der Waals surface area contributed by atoms with Crippen molar-refractivity contribution in [3.8, 4) is 0 Å². The Hall–Kier alpha value is -1.64. The first-order valence-electron chi connectivity index (χ1n) is 6.59. The lowest BCUT2D eigenvalue weighted by atomic mass is 9.97. The average Bonchev–Trinajstić information content (AvgIpc) is 2.33. The highest BCUT2D eigenvalue weighted by Gasteiger charge is 2.17. The first-order valence-corrected chi connectivity index (χ1v) is 6.59. The minimum Gasteiger partial charge on any atom is -0.315 e. The summed E-state index contributed by atoms with van der Waals surface area (Å²) in [6.45, 7) is 9.69. The number of Topliss-reactive ketones (excluding diaryl/α,β-unsaturated/α-hetero) is 1. The first-order chi connectivity index (χ1) is 8.75. The monoisotopic (exact) mass is 261 g/mol. The maximum absolute atomic E-state index is 12.1. The van der Waals surface area contributed by atoms with Crippen LogP contribution in [0, 0.1) is 27.7 Å². The molecule has 0 unspecified atom stereocenters. The van der Waals surface area contributed by atoms with E-state index in [2.05, 4.69) is 19.9 Å². The van der Waals surface area contributed by atoms with Gasteiger partial charge in [-0.05, 0) is 56.9 Å². The number of anilines is 1. The standard InChI is InChI=1S/C16H23NO2/c1-10-9-11(2)14(5)16(13(10)4)17(6)15(19)8-7-12(3)18/h9H,7-8H2,1-6H3. The van der Waals surface area contributed by atoms with Gasteiger partial charge in [-0.3, -0.25) is 4.79 Å². The van der Waals surface area contributed by atoms with Crippen molar-refractivity contribution in [2.24, 2.45) is 0 Å². The zero-order chi connectivity index (χ0) is 14.7. The summed E-state index contributed by atoms with van der Waals surface area (Å²) in [5.41, 5.74) is 5.60. The molecule has 0 atom stereocenters. The number of hydrogen-bond donors (Lipinski definition) is 0. The van der Waals surface area contributed by atoms with E-state index >= 15 is 0 Å². The van der Waals surface area contributed by atoms with E-state index in [1.807, 2.05) is 13.8 Å². The number of carbonyl (C=O) groups excluding carboxylic acids is 2. The zero-order valence-electron chi connectivity index (χ0n) is 12.8. The van der Waals surface area contributed by atoms with Gasteiger partial charge in [-0.15, -0.1) is 0 Å². The van der Waals surface area contributed by atoms with E-state index in [4.69, 9.17) is 0 Å². The number of aryl methyl sites for hydroxylation is 2. The second-order valence-corrected chi connectivity index (χ2v) is 5.26. The predicted molar refractivity (Wildman–Crippen MR) is 78.7 cm³/mol. The van der Waals surface area contributed by atoms with E-state index in [9.17, 15) is 9.59 Å². The van der Waals surface area contributed by atoms with Gasteiger partial charge in [-0.1, -0.05) is 6.07 Å².